The number of fused-ring (bicyclic) bond motifs is 1. The molecule has 1 fully saturated rings. The first-order chi connectivity index (χ1) is 11.8. The molecule has 2 aliphatic heterocycles. The molecule has 0 spiro atoms. The Hall–Kier alpha value is -2.32. The Morgan fingerprint density at radius 1 is 1.08 bits per heavy atom. The lowest BCUT2D eigenvalue weighted by Crippen LogP contribution is -2.46. The van der Waals surface area contributed by atoms with E-state index in [0.717, 1.165) is 44.2 Å². The summed E-state index contributed by atoms with van der Waals surface area (Å²) in [6.45, 7) is 4.85. The summed E-state index contributed by atoms with van der Waals surface area (Å²) in [5.41, 5.74) is 1.23. The highest BCUT2D eigenvalue weighted by Gasteiger charge is 2.20. The van der Waals surface area contributed by atoms with Crippen LogP contribution in [0.1, 0.15) is 5.56 Å². The van der Waals surface area contributed by atoms with Crippen molar-refractivity contribution in [3.63, 3.8) is 0 Å². The molecule has 3 heterocycles. The van der Waals surface area contributed by atoms with Crippen LogP contribution in [0.3, 0.4) is 0 Å². The second-order valence-corrected chi connectivity index (χ2v) is 5.72. The predicted octanol–water partition coefficient (Wildman–Crippen LogP) is 1.35. The van der Waals surface area contributed by atoms with Crippen LogP contribution < -0.4 is 19.1 Å². The Kier molecular flexibility index (Phi) is 5.40. The maximum absolute atomic E-state index is 5.44. The number of nitrogens with zero attached hydrogens (tertiary/aromatic N) is 5. The normalized spacial score (nSPS) is 16.4. The molecule has 1 saturated heterocycles. The minimum atomic E-state index is 0. The van der Waals surface area contributed by atoms with Gasteiger partial charge in [-0.2, -0.15) is 9.97 Å². The van der Waals surface area contributed by atoms with Gasteiger partial charge in [0.2, 0.25) is 12.7 Å². The van der Waals surface area contributed by atoms with Crippen LogP contribution in [0.5, 0.6) is 17.5 Å². The van der Waals surface area contributed by atoms with Gasteiger partial charge in [-0.1, -0.05) is 6.07 Å². The van der Waals surface area contributed by atoms with E-state index in [-0.39, 0.29) is 12.4 Å². The summed E-state index contributed by atoms with van der Waals surface area (Å²) in [6.07, 6.45) is 1.49. The molecule has 0 N–H and O–H groups in total. The van der Waals surface area contributed by atoms with Crippen LogP contribution in [0.4, 0.5) is 5.95 Å². The number of anilines is 1. The van der Waals surface area contributed by atoms with E-state index in [9.17, 15) is 0 Å². The van der Waals surface area contributed by atoms with Crippen LogP contribution in [0, 0.1) is 0 Å². The predicted molar refractivity (Wildman–Crippen MR) is 93.7 cm³/mol. The number of benzene rings is 1. The number of aromatic nitrogens is 3. The Bertz CT molecular complexity index is 725. The summed E-state index contributed by atoms with van der Waals surface area (Å²) in [6, 6.07) is 6.48. The molecule has 0 bridgehead atoms. The average Bonchev–Trinajstić information content (AvgIpc) is 3.10. The molecule has 134 valence electrons. The maximum atomic E-state index is 5.44. The van der Waals surface area contributed by atoms with Gasteiger partial charge in [0.25, 0.3) is 0 Å². The molecule has 25 heavy (non-hydrogen) atoms. The third kappa shape index (κ3) is 3.85. The number of ether oxygens (including phenoxy) is 3. The van der Waals surface area contributed by atoms with E-state index < -0.39 is 0 Å². The molecular formula is C16H20ClN5O3. The highest BCUT2D eigenvalue weighted by atomic mass is 35.5. The molecule has 1 aromatic heterocycles. The monoisotopic (exact) mass is 365 g/mol. The zero-order chi connectivity index (χ0) is 16.4. The van der Waals surface area contributed by atoms with Crippen molar-refractivity contribution in [1.82, 2.24) is 19.9 Å². The molecule has 0 amide bonds. The third-order valence-corrected chi connectivity index (χ3v) is 4.22. The maximum Gasteiger partial charge on any atom is 0.320 e. The molecule has 2 aliphatic rings. The fourth-order valence-corrected chi connectivity index (χ4v) is 2.93. The zero-order valence-corrected chi connectivity index (χ0v) is 14.7. The van der Waals surface area contributed by atoms with Crippen molar-refractivity contribution in [2.75, 3.05) is 45.0 Å². The van der Waals surface area contributed by atoms with Crippen molar-refractivity contribution in [3.05, 3.63) is 30.1 Å². The van der Waals surface area contributed by atoms with Crippen LogP contribution in [0.25, 0.3) is 0 Å². The topological polar surface area (TPSA) is 72.8 Å². The molecule has 8 nitrogen and oxygen atoms in total. The molecule has 4 rings (SSSR count). The van der Waals surface area contributed by atoms with Crippen LogP contribution in [0.15, 0.2) is 24.5 Å². The van der Waals surface area contributed by atoms with E-state index in [1.807, 2.05) is 6.07 Å². The molecule has 2 aromatic rings. The SMILES string of the molecule is COc1ncnc(N2CCN(Cc3ccc4c(c3)OCO4)CC2)n1.Cl. The minimum Gasteiger partial charge on any atom is -0.467 e. The molecule has 0 radical (unpaired) electrons. The summed E-state index contributed by atoms with van der Waals surface area (Å²) in [5.74, 6) is 2.33. The average molecular weight is 366 g/mol. The van der Waals surface area contributed by atoms with Gasteiger partial charge in [0.05, 0.1) is 7.11 Å². The number of hydrogen-bond acceptors (Lipinski definition) is 8. The first-order valence-corrected chi connectivity index (χ1v) is 7.91. The van der Waals surface area contributed by atoms with Gasteiger partial charge in [-0.15, -0.1) is 12.4 Å². The number of piperazine rings is 1. The van der Waals surface area contributed by atoms with Crippen molar-refractivity contribution in [1.29, 1.82) is 0 Å². The Morgan fingerprint density at radius 2 is 1.88 bits per heavy atom. The van der Waals surface area contributed by atoms with Crippen LogP contribution in [0.2, 0.25) is 0 Å². The summed E-state index contributed by atoms with van der Waals surface area (Å²) in [4.78, 5) is 17.0. The molecular weight excluding hydrogens is 346 g/mol. The van der Waals surface area contributed by atoms with Gasteiger partial charge in [0, 0.05) is 32.7 Å². The molecule has 9 heteroatoms. The fourth-order valence-electron chi connectivity index (χ4n) is 2.93. The standard InChI is InChI=1S/C16H19N5O3.ClH/c1-22-16-18-10-17-15(19-16)21-6-4-20(5-7-21)9-12-2-3-13-14(8-12)24-11-23-13;/h2-3,8,10H,4-7,9,11H2,1H3;1H. The van der Waals surface area contributed by atoms with Crippen LogP contribution >= 0.6 is 12.4 Å². The first-order valence-electron chi connectivity index (χ1n) is 7.91. The number of rotatable bonds is 4. The van der Waals surface area contributed by atoms with Crippen LogP contribution in [-0.4, -0.2) is 59.9 Å². The lowest BCUT2D eigenvalue weighted by atomic mass is 10.1. The smallest absolute Gasteiger partial charge is 0.320 e. The largest absolute Gasteiger partial charge is 0.467 e. The molecule has 0 atom stereocenters. The van der Waals surface area contributed by atoms with Gasteiger partial charge in [-0.3, -0.25) is 4.90 Å². The first kappa shape index (κ1) is 17.5. The Labute approximate surface area is 152 Å². The summed E-state index contributed by atoms with van der Waals surface area (Å²) >= 11 is 0. The summed E-state index contributed by atoms with van der Waals surface area (Å²) < 4.78 is 15.9. The van der Waals surface area contributed by atoms with Crippen molar-refractivity contribution < 1.29 is 14.2 Å². The zero-order valence-electron chi connectivity index (χ0n) is 13.9. The van der Waals surface area contributed by atoms with E-state index >= 15 is 0 Å². The van der Waals surface area contributed by atoms with Crippen molar-refractivity contribution >= 4 is 18.4 Å². The van der Waals surface area contributed by atoms with E-state index in [1.165, 1.54) is 11.9 Å². The van der Waals surface area contributed by atoms with E-state index in [0.29, 0.717) is 18.8 Å². The highest BCUT2D eigenvalue weighted by molar-refractivity contribution is 5.85. The van der Waals surface area contributed by atoms with Gasteiger partial charge < -0.3 is 19.1 Å². The number of hydrogen-bond donors (Lipinski definition) is 0. The van der Waals surface area contributed by atoms with Crippen molar-refractivity contribution in [2.24, 2.45) is 0 Å². The highest BCUT2D eigenvalue weighted by Crippen LogP contribution is 2.32. The van der Waals surface area contributed by atoms with Crippen LogP contribution in [-0.2, 0) is 6.54 Å². The van der Waals surface area contributed by atoms with Crippen molar-refractivity contribution in [2.45, 2.75) is 6.54 Å². The van der Waals surface area contributed by atoms with Gasteiger partial charge in [0.1, 0.15) is 6.33 Å². The van der Waals surface area contributed by atoms with E-state index in [2.05, 4.69) is 36.9 Å². The Balaban J connectivity index is 0.00000182. The van der Waals surface area contributed by atoms with E-state index in [1.54, 1.807) is 7.11 Å². The Morgan fingerprint density at radius 3 is 2.68 bits per heavy atom. The van der Waals surface area contributed by atoms with E-state index in [4.69, 9.17) is 14.2 Å². The van der Waals surface area contributed by atoms with Gasteiger partial charge in [-0.25, -0.2) is 4.98 Å². The number of methoxy groups -OCH3 is 1. The second kappa shape index (κ2) is 7.71. The lowest BCUT2D eigenvalue weighted by molar-refractivity contribution is 0.174. The molecule has 1 aromatic carbocycles. The van der Waals surface area contributed by atoms with Crippen molar-refractivity contribution in [3.8, 4) is 17.5 Å². The minimum absolute atomic E-state index is 0. The molecule has 0 unspecified atom stereocenters. The third-order valence-electron chi connectivity index (χ3n) is 4.22. The molecule has 0 aliphatic carbocycles. The van der Waals surface area contributed by atoms with Gasteiger partial charge in [0.15, 0.2) is 11.5 Å². The fraction of sp³-hybridized carbons (Fsp3) is 0.438. The lowest BCUT2D eigenvalue weighted by Gasteiger charge is -2.34. The summed E-state index contributed by atoms with van der Waals surface area (Å²) in [7, 11) is 1.56. The quantitative estimate of drug-likeness (QED) is 0.804. The second-order valence-electron chi connectivity index (χ2n) is 5.72. The summed E-state index contributed by atoms with van der Waals surface area (Å²) in [5, 5.41) is 0. The number of halogens is 1. The van der Waals surface area contributed by atoms with Gasteiger partial charge in [-0.05, 0) is 17.7 Å². The molecule has 0 saturated carbocycles. The van der Waals surface area contributed by atoms with Gasteiger partial charge >= 0.3 is 6.01 Å².